The lowest BCUT2D eigenvalue weighted by Gasteiger charge is -2.33. The second kappa shape index (κ2) is 5.98. The minimum absolute atomic E-state index is 0.0109. The van der Waals surface area contributed by atoms with E-state index in [0.717, 1.165) is 11.1 Å². The van der Waals surface area contributed by atoms with E-state index < -0.39 is 17.8 Å². The summed E-state index contributed by atoms with van der Waals surface area (Å²) in [7, 11) is 0. The molecule has 0 spiro atoms. The summed E-state index contributed by atoms with van der Waals surface area (Å²) in [5, 5.41) is 12.3. The molecule has 1 aliphatic rings. The first-order chi connectivity index (χ1) is 9.04. The number of allylic oxidation sites excluding steroid dienone is 2. The predicted octanol–water partition coefficient (Wildman–Crippen LogP) is 2.98. The minimum Gasteiger partial charge on any atom is -0.481 e. The molecule has 1 amide bonds. The van der Waals surface area contributed by atoms with E-state index in [1.54, 1.807) is 0 Å². The van der Waals surface area contributed by atoms with Crippen LogP contribution in [-0.2, 0) is 9.59 Å². The van der Waals surface area contributed by atoms with Crippen LogP contribution in [0.2, 0.25) is 0 Å². The van der Waals surface area contributed by atoms with Crippen LogP contribution in [0.1, 0.15) is 54.4 Å². The van der Waals surface area contributed by atoms with Crippen LogP contribution < -0.4 is 5.32 Å². The second-order valence-electron chi connectivity index (χ2n) is 7.12. The van der Waals surface area contributed by atoms with Crippen LogP contribution in [-0.4, -0.2) is 23.0 Å². The van der Waals surface area contributed by atoms with Crippen molar-refractivity contribution in [1.82, 2.24) is 5.32 Å². The Balaban J connectivity index is 2.87. The molecule has 1 aliphatic carbocycles. The Bertz CT molecular complexity index is 431. The van der Waals surface area contributed by atoms with E-state index in [-0.39, 0.29) is 17.4 Å². The number of amides is 1. The van der Waals surface area contributed by atoms with E-state index in [1.807, 2.05) is 20.8 Å². The van der Waals surface area contributed by atoms with Crippen molar-refractivity contribution in [1.29, 1.82) is 0 Å². The number of carboxylic acid groups (broad SMARTS) is 1. The highest BCUT2D eigenvalue weighted by molar-refractivity contribution is 5.85. The third kappa shape index (κ3) is 3.84. The Labute approximate surface area is 121 Å². The molecular formula is C16H27NO3. The Kier molecular flexibility index (Phi) is 5.00. The number of carbonyl (C=O) groups is 2. The van der Waals surface area contributed by atoms with Gasteiger partial charge in [0.05, 0.1) is 11.8 Å². The minimum atomic E-state index is -0.875. The van der Waals surface area contributed by atoms with Crippen LogP contribution in [0.15, 0.2) is 11.1 Å². The van der Waals surface area contributed by atoms with Crippen LogP contribution in [0.5, 0.6) is 0 Å². The number of hydrogen-bond acceptors (Lipinski definition) is 2. The van der Waals surface area contributed by atoms with E-state index in [2.05, 4.69) is 26.1 Å². The molecule has 3 atom stereocenters. The van der Waals surface area contributed by atoms with E-state index in [0.29, 0.717) is 12.8 Å². The number of aliphatic carboxylic acids is 1. The lowest BCUT2D eigenvalue weighted by Crippen LogP contribution is -2.47. The van der Waals surface area contributed by atoms with Gasteiger partial charge < -0.3 is 10.4 Å². The van der Waals surface area contributed by atoms with Crippen molar-refractivity contribution in [3.05, 3.63) is 11.1 Å². The van der Waals surface area contributed by atoms with Gasteiger partial charge >= 0.3 is 5.97 Å². The van der Waals surface area contributed by atoms with E-state index in [4.69, 9.17) is 0 Å². The standard InChI is InChI=1S/C16H27NO3/c1-9-7-12(13(15(19)20)8-10(9)2)14(18)17-11(3)16(4,5)6/h11-13H,7-8H2,1-6H3,(H,17,18)(H,19,20)/t11-,12-,13-/m0/s1. The average Bonchev–Trinajstić information content (AvgIpc) is 2.30. The molecule has 2 N–H and O–H groups in total. The molecule has 0 aromatic heterocycles. The molecule has 0 saturated carbocycles. The molecule has 20 heavy (non-hydrogen) atoms. The SMILES string of the molecule is CC1=C(C)C[C@H](C(=O)N[C@@H](C)C(C)(C)C)[C@@H](C(=O)O)C1. The van der Waals surface area contributed by atoms with Crippen LogP contribution >= 0.6 is 0 Å². The molecule has 0 unspecified atom stereocenters. The first kappa shape index (κ1) is 16.7. The summed E-state index contributed by atoms with van der Waals surface area (Å²) in [6.45, 7) is 12.1. The molecule has 0 aromatic rings. The first-order valence-electron chi connectivity index (χ1n) is 7.22. The third-order valence-corrected chi connectivity index (χ3v) is 4.58. The summed E-state index contributed by atoms with van der Waals surface area (Å²) in [6.07, 6.45) is 1.02. The number of nitrogens with one attached hydrogen (secondary N) is 1. The van der Waals surface area contributed by atoms with E-state index in [9.17, 15) is 14.7 Å². The highest BCUT2D eigenvalue weighted by Crippen LogP contribution is 2.34. The second-order valence-corrected chi connectivity index (χ2v) is 7.12. The van der Waals surface area contributed by atoms with Gasteiger partial charge in [-0.2, -0.15) is 0 Å². The lowest BCUT2D eigenvalue weighted by atomic mass is 9.75. The zero-order valence-electron chi connectivity index (χ0n) is 13.4. The Morgan fingerprint density at radius 2 is 1.60 bits per heavy atom. The van der Waals surface area contributed by atoms with Crippen LogP contribution in [0.25, 0.3) is 0 Å². The maximum Gasteiger partial charge on any atom is 0.307 e. The molecule has 0 bridgehead atoms. The van der Waals surface area contributed by atoms with Crippen molar-refractivity contribution in [3.8, 4) is 0 Å². The van der Waals surface area contributed by atoms with Gasteiger partial charge in [-0.3, -0.25) is 9.59 Å². The molecule has 0 saturated heterocycles. The Morgan fingerprint density at radius 1 is 1.15 bits per heavy atom. The van der Waals surface area contributed by atoms with Gasteiger partial charge in [-0.05, 0) is 39.0 Å². The zero-order valence-corrected chi connectivity index (χ0v) is 13.4. The van der Waals surface area contributed by atoms with Gasteiger partial charge in [0.15, 0.2) is 0 Å². The van der Waals surface area contributed by atoms with E-state index in [1.165, 1.54) is 0 Å². The van der Waals surface area contributed by atoms with Crippen molar-refractivity contribution in [2.75, 3.05) is 0 Å². The van der Waals surface area contributed by atoms with Gasteiger partial charge in [-0.25, -0.2) is 0 Å². The fraction of sp³-hybridized carbons (Fsp3) is 0.750. The summed E-state index contributed by atoms with van der Waals surface area (Å²) in [6, 6.07) is 0.0109. The van der Waals surface area contributed by atoms with Gasteiger partial charge in [0.2, 0.25) is 5.91 Å². The molecule has 4 heteroatoms. The first-order valence-corrected chi connectivity index (χ1v) is 7.22. The van der Waals surface area contributed by atoms with Gasteiger partial charge in [0.25, 0.3) is 0 Å². The summed E-state index contributed by atoms with van der Waals surface area (Å²) in [5.41, 5.74) is 2.21. The summed E-state index contributed by atoms with van der Waals surface area (Å²) >= 11 is 0. The quantitative estimate of drug-likeness (QED) is 0.782. The number of carbonyl (C=O) groups excluding carboxylic acids is 1. The number of carboxylic acids is 1. The van der Waals surface area contributed by atoms with Gasteiger partial charge in [0.1, 0.15) is 0 Å². The molecule has 0 heterocycles. The Hall–Kier alpha value is -1.32. The molecule has 0 radical (unpaired) electrons. The summed E-state index contributed by atoms with van der Waals surface area (Å²) in [5.74, 6) is -2.07. The Morgan fingerprint density at radius 3 is 2.00 bits per heavy atom. The van der Waals surface area contributed by atoms with Crippen LogP contribution in [0.4, 0.5) is 0 Å². The molecule has 4 nitrogen and oxygen atoms in total. The third-order valence-electron chi connectivity index (χ3n) is 4.58. The molecular weight excluding hydrogens is 254 g/mol. The number of rotatable bonds is 3. The van der Waals surface area contributed by atoms with Crippen molar-refractivity contribution >= 4 is 11.9 Å². The van der Waals surface area contributed by atoms with Crippen molar-refractivity contribution in [3.63, 3.8) is 0 Å². The van der Waals surface area contributed by atoms with Crippen molar-refractivity contribution < 1.29 is 14.7 Å². The highest BCUT2D eigenvalue weighted by Gasteiger charge is 2.38. The maximum absolute atomic E-state index is 12.4. The lowest BCUT2D eigenvalue weighted by molar-refractivity contribution is -0.147. The summed E-state index contributed by atoms with van der Waals surface area (Å²) < 4.78 is 0. The van der Waals surface area contributed by atoms with Gasteiger partial charge in [-0.1, -0.05) is 31.9 Å². The van der Waals surface area contributed by atoms with Crippen LogP contribution in [0, 0.1) is 17.3 Å². The molecule has 114 valence electrons. The average molecular weight is 281 g/mol. The maximum atomic E-state index is 12.4. The largest absolute Gasteiger partial charge is 0.481 e. The fourth-order valence-corrected chi connectivity index (χ4v) is 2.36. The molecule has 0 fully saturated rings. The molecule has 0 aromatic carbocycles. The highest BCUT2D eigenvalue weighted by atomic mass is 16.4. The molecule has 0 aliphatic heterocycles. The van der Waals surface area contributed by atoms with Crippen molar-refractivity contribution in [2.24, 2.45) is 17.3 Å². The number of hydrogen-bond donors (Lipinski definition) is 2. The summed E-state index contributed by atoms with van der Waals surface area (Å²) in [4.78, 5) is 23.8. The van der Waals surface area contributed by atoms with Gasteiger partial charge in [0, 0.05) is 6.04 Å². The van der Waals surface area contributed by atoms with Crippen LogP contribution in [0.3, 0.4) is 0 Å². The monoisotopic (exact) mass is 281 g/mol. The smallest absolute Gasteiger partial charge is 0.307 e. The fourth-order valence-electron chi connectivity index (χ4n) is 2.36. The predicted molar refractivity (Wildman–Crippen MR) is 79.3 cm³/mol. The zero-order chi connectivity index (χ0) is 15.7. The van der Waals surface area contributed by atoms with E-state index >= 15 is 0 Å². The van der Waals surface area contributed by atoms with Gasteiger partial charge in [-0.15, -0.1) is 0 Å². The van der Waals surface area contributed by atoms with Crippen molar-refractivity contribution in [2.45, 2.75) is 60.4 Å². The molecule has 1 rings (SSSR count). The topological polar surface area (TPSA) is 66.4 Å². The normalized spacial score (nSPS) is 25.3.